The summed E-state index contributed by atoms with van der Waals surface area (Å²) in [6.07, 6.45) is 0. The Morgan fingerprint density at radius 1 is 0.789 bits per heavy atom. The van der Waals surface area contributed by atoms with Crippen LogP contribution < -0.4 is 17.0 Å². The highest BCUT2D eigenvalue weighted by atomic mass is 16.1. The molecule has 0 bridgehead atoms. The third kappa shape index (κ3) is 1.65. The van der Waals surface area contributed by atoms with E-state index >= 15 is 0 Å². The lowest BCUT2D eigenvalue weighted by Gasteiger charge is -2.13. The molecule has 0 radical (unpaired) electrons. The van der Waals surface area contributed by atoms with Gasteiger partial charge in [0.2, 0.25) is 0 Å². The van der Waals surface area contributed by atoms with Gasteiger partial charge in [-0.1, -0.05) is 36.4 Å². The average Bonchev–Trinajstić information content (AvgIpc) is 2.46. The number of pyridine rings is 1. The fourth-order valence-electron chi connectivity index (χ4n) is 2.22. The molecule has 0 aliphatic heterocycles. The van der Waals surface area contributed by atoms with Gasteiger partial charge in [-0.05, 0) is 18.2 Å². The van der Waals surface area contributed by atoms with Crippen LogP contribution in [-0.4, -0.2) is 4.57 Å². The minimum absolute atomic E-state index is 0.0857. The lowest BCUT2D eigenvalue weighted by molar-refractivity contribution is 1.05. The first kappa shape index (κ1) is 11.3. The van der Waals surface area contributed by atoms with Crippen molar-refractivity contribution in [1.29, 1.82) is 0 Å². The van der Waals surface area contributed by atoms with E-state index in [9.17, 15) is 4.79 Å². The molecule has 4 N–H and O–H groups in total. The molecule has 0 saturated heterocycles. The molecule has 0 aliphatic carbocycles. The summed E-state index contributed by atoms with van der Waals surface area (Å²) in [4.78, 5) is 12.4. The van der Waals surface area contributed by atoms with Crippen LogP contribution in [0, 0.1) is 0 Å². The Labute approximate surface area is 109 Å². The molecule has 4 nitrogen and oxygen atoms in total. The van der Waals surface area contributed by atoms with Gasteiger partial charge >= 0.3 is 0 Å². The molecule has 19 heavy (non-hydrogen) atoms. The second-order valence-electron chi connectivity index (χ2n) is 4.32. The number of para-hydroxylation sites is 2. The van der Waals surface area contributed by atoms with E-state index in [2.05, 4.69) is 0 Å². The van der Waals surface area contributed by atoms with Gasteiger partial charge in [-0.3, -0.25) is 9.36 Å². The zero-order chi connectivity index (χ0) is 13.4. The van der Waals surface area contributed by atoms with Crippen molar-refractivity contribution in [2.45, 2.75) is 0 Å². The Balaban J connectivity index is 2.52. The zero-order valence-corrected chi connectivity index (χ0v) is 10.2. The van der Waals surface area contributed by atoms with E-state index in [1.54, 1.807) is 4.57 Å². The lowest BCUT2D eigenvalue weighted by Crippen LogP contribution is -2.23. The second-order valence-corrected chi connectivity index (χ2v) is 4.32. The Kier molecular flexibility index (Phi) is 2.49. The van der Waals surface area contributed by atoms with Crippen LogP contribution in [0.5, 0.6) is 0 Å². The molecule has 0 fully saturated rings. The Bertz CT molecular complexity index is 807. The van der Waals surface area contributed by atoms with Gasteiger partial charge < -0.3 is 11.5 Å². The van der Waals surface area contributed by atoms with Crippen LogP contribution in [0.4, 0.5) is 11.4 Å². The van der Waals surface area contributed by atoms with E-state index in [0.717, 1.165) is 16.6 Å². The minimum Gasteiger partial charge on any atom is -0.396 e. The van der Waals surface area contributed by atoms with Crippen molar-refractivity contribution in [2.24, 2.45) is 0 Å². The molecule has 0 spiro atoms. The first-order chi connectivity index (χ1) is 9.20. The standard InChI is InChI=1S/C15H13N3O/c16-13-11-8-4-5-9-12(11)18(15(19)14(13)17)10-6-2-1-3-7-10/h1-9H,16-17H2. The number of aromatic nitrogens is 1. The van der Waals surface area contributed by atoms with Crippen molar-refractivity contribution in [3.63, 3.8) is 0 Å². The van der Waals surface area contributed by atoms with Crippen LogP contribution >= 0.6 is 0 Å². The number of nitrogens with zero attached hydrogens (tertiary/aromatic N) is 1. The van der Waals surface area contributed by atoms with Crippen molar-refractivity contribution in [3.05, 3.63) is 65.0 Å². The largest absolute Gasteiger partial charge is 0.396 e. The second kappa shape index (κ2) is 4.17. The van der Waals surface area contributed by atoms with E-state index in [1.807, 2.05) is 54.6 Å². The van der Waals surface area contributed by atoms with Crippen LogP contribution in [0.15, 0.2) is 59.4 Å². The first-order valence-electron chi connectivity index (χ1n) is 5.94. The molecular weight excluding hydrogens is 238 g/mol. The van der Waals surface area contributed by atoms with Gasteiger partial charge in [-0.2, -0.15) is 0 Å². The van der Waals surface area contributed by atoms with Crippen LogP contribution in [-0.2, 0) is 0 Å². The lowest BCUT2D eigenvalue weighted by atomic mass is 10.1. The van der Waals surface area contributed by atoms with Gasteiger partial charge in [-0.25, -0.2) is 0 Å². The van der Waals surface area contributed by atoms with Gasteiger partial charge in [0.1, 0.15) is 5.69 Å². The maximum atomic E-state index is 12.4. The van der Waals surface area contributed by atoms with Crippen molar-refractivity contribution >= 4 is 22.3 Å². The number of benzene rings is 2. The Hall–Kier alpha value is -2.75. The quantitative estimate of drug-likeness (QED) is 0.696. The summed E-state index contributed by atoms with van der Waals surface area (Å²) < 4.78 is 1.58. The Morgan fingerprint density at radius 2 is 1.42 bits per heavy atom. The summed E-state index contributed by atoms with van der Waals surface area (Å²) in [6, 6.07) is 16.9. The molecule has 2 aromatic carbocycles. The van der Waals surface area contributed by atoms with Crippen molar-refractivity contribution < 1.29 is 0 Å². The number of rotatable bonds is 1. The molecule has 4 heteroatoms. The predicted octanol–water partition coefficient (Wildman–Crippen LogP) is 2.16. The van der Waals surface area contributed by atoms with Gasteiger partial charge in [0.15, 0.2) is 0 Å². The summed E-state index contributed by atoms with van der Waals surface area (Å²) in [6.45, 7) is 0. The molecule has 0 amide bonds. The molecule has 1 heterocycles. The fraction of sp³-hybridized carbons (Fsp3) is 0. The molecule has 1 aromatic heterocycles. The molecule has 0 unspecified atom stereocenters. The normalized spacial score (nSPS) is 10.7. The third-order valence-corrected chi connectivity index (χ3v) is 3.17. The number of hydrogen-bond acceptors (Lipinski definition) is 3. The molecule has 0 aliphatic rings. The maximum absolute atomic E-state index is 12.4. The van der Waals surface area contributed by atoms with E-state index in [-0.39, 0.29) is 11.2 Å². The van der Waals surface area contributed by atoms with E-state index in [0.29, 0.717) is 5.69 Å². The predicted molar refractivity (Wildman–Crippen MR) is 78.4 cm³/mol. The summed E-state index contributed by atoms with van der Waals surface area (Å²) in [7, 11) is 0. The number of fused-ring (bicyclic) bond motifs is 1. The van der Waals surface area contributed by atoms with Gasteiger partial charge in [-0.15, -0.1) is 0 Å². The van der Waals surface area contributed by atoms with Crippen LogP contribution in [0.3, 0.4) is 0 Å². The van der Waals surface area contributed by atoms with E-state index < -0.39 is 0 Å². The topological polar surface area (TPSA) is 74.0 Å². The number of nitrogen functional groups attached to an aromatic ring is 2. The summed E-state index contributed by atoms with van der Waals surface area (Å²) in [5, 5.41) is 0.781. The first-order valence-corrected chi connectivity index (χ1v) is 5.94. The number of hydrogen-bond donors (Lipinski definition) is 2. The average molecular weight is 251 g/mol. The monoisotopic (exact) mass is 251 g/mol. The fourth-order valence-corrected chi connectivity index (χ4v) is 2.22. The molecular formula is C15H13N3O. The van der Waals surface area contributed by atoms with Crippen LogP contribution in [0.25, 0.3) is 16.6 Å². The van der Waals surface area contributed by atoms with Gasteiger partial charge in [0.25, 0.3) is 5.56 Å². The molecule has 3 rings (SSSR count). The minimum atomic E-state index is -0.289. The Morgan fingerprint density at radius 3 is 2.16 bits per heavy atom. The summed E-state index contributed by atoms with van der Waals surface area (Å²) >= 11 is 0. The number of nitrogens with two attached hydrogens (primary N) is 2. The van der Waals surface area contributed by atoms with Crippen molar-refractivity contribution in [3.8, 4) is 5.69 Å². The maximum Gasteiger partial charge on any atom is 0.280 e. The van der Waals surface area contributed by atoms with Crippen molar-refractivity contribution in [2.75, 3.05) is 11.5 Å². The highest BCUT2D eigenvalue weighted by Gasteiger charge is 2.12. The van der Waals surface area contributed by atoms with E-state index in [1.165, 1.54) is 0 Å². The van der Waals surface area contributed by atoms with Crippen LogP contribution in [0.2, 0.25) is 0 Å². The summed E-state index contributed by atoms with van der Waals surface area (Å²) in [5.74, 6) is 0. The van der Waals surface area contributed by atoms with E-state index in [4.69, 9.17) is 11.5 Å². The van der Waals surface area contributed by atoms with Crippen molar-refractivity contribution in [1.82, 2.24) is 4.57 Å². The van der Waals surface area contributed by atoms with Crippen LogP contribution in [0.1, 0.15) is 0 Å². The molecule has 0 saturated carbocycles. The zero-order valence-electron chi connectivity index (χ0n) is 10.2. The third-order valence-electron chi connectivity index (χ3n) is 3.17. The summed E-state index contributed by atoms with van der Waals surface area (Å²) in [5.41, 5.74) is 13.4. The highest BCUT2D eigenvalue weighted by molar-refractivity contribution is 5.96. The molecule has 94 valence electrons. The molecule has 3 aromatic rings. The number of anilines is 2. The molecule has 0 atom stereocenters. The SMILES string of the molecule is Nc1c(N)c2ccccc2n(-c2ccccc2)c1=O. The highest BCUT2D eigenvalue weighted by Crippen LogP contribution is 2.25. The van der Waals surface area contributed by atoms with Gasteiger partial charge in [0, 0.05) is 11.1 Å². The smallest absolute Gasteiger partial charge is 0.280 e. The van der Waals surface area contributed by atoms with Gasteiger partial charge in [0.05, 0.1) is 11.2 Å².